The van der Waals surface area contributed by atoms with Gasteiger partial charge in [-0.15, -0.1) is 0 Å². The Kier molecular flexibility index (Phi) is 32.1. The van der Waals surface area contributed by atoms with E-state index < -0.39 is 31.0 Å². The van der Waals surface area contributed by atoms with Gasteiger partial charge in [0, 0.05) is 0 Å². The van der Waals surface area contributed by atoms with E-state index in [0.717, 1.165) is 25.9 Å². The van der Waals surface area contributed by atoms with Crippen molar-refractivity contribution in [3.05, 3.63) is 0 Å². The smallest absolute Gasteiger partial charge is 0.131 e. The van der Waals surface area contributed by atoms with E-state index >= 15 is 0 Å². The van der Waals surface area contributed by atoms with Crippen LogP contribution in [0.1, 0.15) is 194 Å². The van der Waals surface area contributed by atoms with Crippen molar-refractivity contribution in [2.45, 2.75) is 218 Å². The molecular formula is C39H82NO5+. The van der Waals surface area contributed by atoms with Crippen LogP contribution in [0.3, 0.4) is 0 Å². The van der Waals surface area contributed by atoms with Crippen molar-refractivity contribution in [3.63, 3.8) is 0 Å². The molecule has 0 radical (unpaired) electrons. The van der Waals surface area contributed by atoms with Gasteiger partial charge in [-0.05, 0) is 25.7 Å². The lowest BCUT2D eigenvalue weighted by molar-refractivity contribution is -0.913. The van der Waals surface area contributed by atoms with Crippen molar-refractivity contribution in [2.75, 3.05) is 33.3 Å². The molecule has 6 heteroatoms. The summed E-state index contributed by atoms with van der Waals surface area (Å²) in [7, 11) is 2.16. The molecule has 0 unspecified atom stereocenters. The summed E-state index contributed by atoms with van der Waals surface area (Å²) < 4.78 is 0.663. The van der Waals surface area contributed by atoms with Crippen molar-refractivity contribution in [3.8, 4) is 0 Å². The summed E-state index contributed by atoms with van der Waals surface area (Å²) in [6, 6.07) is 0. The van der Waals surface area contributed by atoms with Gasteiger partial charge in [0.15, 0.2) is 0 Å². The first-order valence-corrected chi connectivity index (χ1v) is 20.0. The quantitative estimate of drug-likeness (QED) is 0.0347. The van der Waals surface area contributed by atoms with Gasteiger partial charge in [0.1, 0.15) is 31.0 Å². The third-order valence-electron chi connectivity index (χ3n) is 10.1. The van der Waals surface area contributed by atoms with E-state index in [1.165, 1.54) is 167 Å². The number of rotatable bonds is 36. The first-order valence-electron chi connectivity index (χ1n) is 20.0. The molecule has 4 atom stereocenters. The van der Waals surface area contributed by atoms with Crippen LogP contribution in [0, 0.1) is 0 Å². The lowest BCUT2D eigenvalue weighted by Gasteiger charge is -2.38. The Bertz CT molecular complexity index is 560. The average molecular weight is 645 g/mol. The van der Waals surface area contributed by atoms with Gasteiger partial charge in [-0.2, -0.15) is 0 Å². The zero-order chi connectivity index (χ0) is 33.4. The summed E-state index contributed by atoms with van der Waals surface area (Å²) in [4.78, 5) is 0. The van der Waals surface area contributed by atoms with Gasteiger partial charge in [-0.25, -0.2) is 0 Å². The highest BCUT2D eigenvalue weighted by atomic mass is 16.4. The van der Waals surface area contributed by atoms with Crippen molar-refractivity contribution >= 4 is 0 Å². The number of nitrogens with zero attached hydrogens (tertiary/aromatic N) is 1. The number of unbranched alkanes of at least 4 members (excludes halogenated alkanes) is 26. The number of likely N-dealkylation sites (N-methyl/N-ethyl adjacent to an activating group) is 1. The highest BCUT2D eigenvalue weighted by Crippen LogP contribution is 2.18. The van der Waals surface area contributed by atoms with Crippen LogP contribution in [0.25, 0.3) is 0 Å². The summed E-state index contributed by atoms with van der Waals surface area (Å²) >= 11 is 0. The number of hydrogen-bond acceptors (Lipinski definition) is 5. The number of aliphatic hydroxyl groups is 5. The normalized spacial score (nSPS) is 14.9. The molecule has 0 aromatic heterocycles. The predicted molar refractivity (Wildman–Crippen MR) is 193 cm³/mol. The molecule has 0 heterocycles. The summed E-state index contributed by atoms with van der Waals surface area (Å²) in [6.07, 6.45) is 31.6. The molecule has 272 valence electrons. The van der Waals surface area contributed by atoms with Gasteiger partial charge in [0.2, 0.25) is 0 Å². The van der Waals surface area contributed by atoms with E-state index in [1.54, 1.807) is 0 Å². The van der Waals surface area contributed by atoms with Crippen LogP contribution in [0.15, 0.2) is 0 Å². The molecule has 0 aliphatic rings. The largest absolute Gasteiger partial charge is 0.394 e. The Balaban J connectivity index is 4.30. The van der Waals surface area contributed by atoms with E-state index in [2.05, 4.69) is 20.9 Å². The molecular weight excluding hydrogens is 562 g/mol. The van der Waals surface area contributed by atoms with Crippen LogP contribution < -0.4 is 0 Å². The molecule has 0 fully saturated rings. The molecule has 0 bridgehead atoms. The molecule has 0 aromatic carbocycles. The van der Waals surface area contributed by atoms with Crippen LogP contribution in [-0.2, 0) is 0 Å². The van der Waals surface area contributed by atoms with Crippen molar-refractivity contribution in [2.24, 2.45) is 0 Å². The van der Waals surface area contributed by atoms with Crippen LogP contribution >= 0.6 is 0 Å². The van der Waals surface area contributed by atoms with Crippen molar-refractivity contribution < 1.29 is 30.0 Å². The zero-order valence-electron chi connectivity index (χ0n) is 30.6. The lowest BCUT2D eigenvalue weighted by atomic mass is 10.0. The molecule has 0 saturated heterocycles. The van der Waals surface area contributed by atoms with Gasteiger partial charge < -0.3 is 30.0 Å². The Hall–Kier alpha value is -0.240. The van der Waals surface area contributed by atoms with Gasteiger partial charge >= 0.3 is 0 Å². The number of hydrogen-bond donors (Lipinski definition) is 5. The fourth-order valence-corrected chi connectivity index (χ4v) is 6.79. The van der Waals surface area contributed by atoms with E-state index in [9.17, 15) is 20.4 Å². The Labute approximate surface area is 281 Å². The maximum Gasteiger partial charge on any atom is 0.131 e. The van der Waals surface area contributed by atoms with Gasteiger partial charge in [-0.1, -0.05) is 168 Å². The lowest BCUT2D eigenvalue weighted by Crippen LogP contribution is -2.56. The minimum atomic E-state index is -1.56. The summed E-state index contributed by atoms with van der Waals surface area (Å²) in [5, 5.41) is 50.3. The third-order valence-corrected chi connectivity index (χ3v) is 10.1. The molecule has 0 rings (SSSR count). The second-order valence-corrected chi connectivity index (χ2v) is 14.7. The predicted octanol–water partition coefficient (Wildman–Crippen LogP) is 8.83. The highest BCUT2D eigenvalue weighted by Gasteiger charge is 2.35. The van der Waals surface area contributed by atoms with E-state index in [-0.39, 0.29) is 0 Å². The van der Waals surface area contributed by atoms with E-state index in [0.29, 0.717) is 11.0 Å². The molecule has 0 aromatic rings. The summed E-state index contributed by atoms with van der Waals surface area (Å²) in [6.45, 7) is 6.13. The Morgan fingerprint density at radius 2 is 0.622 bits per heavy atom. The number of quaternary nitrogens is 1. The Morgan fingerprint density at radius 3 is 0.889 bits per heavy atom. The second-order valence-electron chi connectivity index (χ2n) is 14.7. The molecule has 0 amide bonds. The van der Waals surface area contributed by atoms with E-state index in [1.807, 2.05) is 0 Å². The zero-order valence-corrected chi connectivity index (χ0v) is 30.6. The second kappa shape index (κ2) is 32.3. The highest BCUT2D eigenvalue weighted by molar-refractivity contribution is 4.80. The standard InChI is InChI=1S/C39H82NO5/c1-4-6-8-10-12-14-16-18-20-22-24-26-28-30-32-40(3,34-36(42)38(44)39(45)37(43)35-41)33-31-29-27-25-23-21-19-17-15-13-11-9-7-5-2/h36-39,41-45H,4-35H2,1-3H3/q+1/t36-,37+,38+,39-/m0/s1. The van der Waals surface area contributed by atoms with Crippen LogP contribution in [0.2, 0.25) is 0 Å². The van der Waals surface area contributed by atoms with Gasteiger partial charge in [0.05, 0.1) is 26.7 Å². The van der Waals surface area contributed by atoms with Crippen LogP contribution in [0.4, 0.5) is 0 Å². The molecule has 45 heavy (non-hydrogen) atoms. The molecule has 0 aliphatic heterocycles. The van der Waals surface area contributed by atoms with Crippen LogP contribution in [-0.4, -0.2) is 87.7 Å². The number of aliphatic hydroxyl groups excluding tert-OH is 5. The average Bonchev–Trinajstić information content (AvgIpc) is 3.03. The molecule has 5 N–H and O–H groups in total. The maximum atomic E-state index is 10.8. The molecule has 0 saturated carbocycles. The van der Waals surface area contributed by atoms with Gasteiger partial charge in [0.25, 0.3) is 0 Å². The fourth-order valence-electron chi connectivity index (χ4n) is 6.79. The minimum absolute atomic E-state index is 0.341. The molecule has 6 nitrogen and oxygen atoms in total. The minimum Gasteiger partial charge on any atom is -0.394 e. The molecule has 0 spiro atoms. The Morgan fingerprint density at radius 1 is 0.378 bits per heavy atom. The monoisotopic (exact) mass is 645 g/mol. The maximum absolute atomic E-state index is 10.8. The van der Waals surface area contributed by atoms with E-state index in [4.69, 9.17) is 5.11 Å². The summed E-state index contributed by atoms with van der Waals surface area (Å²) in [5.41, 5.74) is 0. The van der Waals surface area contributed by atoms with Crippen molar-refractivity contribution in [1.29, 1.82) is 0 Å². The van der Waals surface area contributed by atoms with Crippen molar-refractivity contribution in [1.82, 2.24) is 0 Å². The first-order chi connectivity index (χ1) is 21.8. The molecule has 0 aliphatic carbocycles. The topological polar surface area (TPSA) is 101 Å². The summed E-state index contributed by atoms with van der Waals surface area (Å²) in [5.74, 6) is 0. The third kappa shape index (κ3) is 27.4. The SMILES string of the molecule is CCCCCCCCCCCCCCCC[N+](C)(CCCCCCCCCCCCCCCC)C[C@H](O)[C@@H](O)[C@@H](O)[C@H](O)CO. The van der Waals surface area contributed by atoms with Crippen LogP contribution in [0.5, 0.6) is 0 Å². The fraction of sp³-hybridized carbons (Fsp3) is 1.00. The first kappa shape index (κ1) is 44.8. The van der Waals surface area contributed by atoms with Gasteiger partial charge in [-0.3, -0.25) is 0 Å².